The minimum Gasteiger partial charge on any atom is -0.462 e. The average molecular weight is 258 g/mol. The van der Waals surface area contributed by atoms with E-state index in [0.29, 0.717) is 12.8 Å². The maximum atomic E-state index is 11.7. The first-order valence-corrected chi connectivity index (χ1v) is 6.00. The fourth-order valence-electron chi connectivity index (χ4n) is 1.39. The lowest BCUT2D eigenvalue weighted by Crippen LogP contribution is -2.44. The third kappa shape index (κ3) is 5.65. The van der Waals surface area contributed by atoms with E-state index in [0.717, 1.165) is 0 Å². The lowest BCUT2D eigenvalue weighted by molar-refractivity contribution is -0.149. The zero-order valence-corrected chi connectivity index (χ0v) is 11.3. The zero-order valence-electron chi connectivity index (χ0n) is 11.3. The molecule has 0 heterocycles. The van der Waals surface area contributed by atoms with Crippen molar-refractivity contribution in [3.63, 3.8) is 0 Å². The normalized spacial score (nSPS) is 13.9. The Morgan fingerprint density at radius 1 is 1.06 bits per heavy atom. The highest BCUT2D eigenvalue weighted by Crippen LogP contribution is 2.06. The van der Waals surface area contributed by atoms with Gasteiger partial charge in [0.15, 0.2) is 0 Å². The molecule has 0 aromatic heterocycles. The van der Waals surface area contributed by atoms with Crippen LogP contribution in [-0.2, 0) is 19.1 Å². The molecule has 0 aromatic carbocycles. The van der Waals surface area contributed by atoms with Crippen LogP contribution >= 0.6 is 0 Å². The van der Waals surface area contributed by atoms with Gasteiger partial charge in [-0.1, -0.05) is 27.7 Å². The largest absolute Gasteiger partial charge is 0.462 e. The van der Waals surface area contributed by atoms with Crippen LogP contribution in [0.1, 0.15) is 27.7 Å². The SMILES string of the molecule is CC(C)[C@H](COC(=O)[C@H](NC=O)C(C)C)NC=O. The van der Waals surface area contributed by atoms with Crippen molar-refractivity contribution in [2.24, 2.45) is 11.8 Å². The maximum Gasteiger partial charge on any atom is 0.328 e. The Bertz CT molecular complexity index is 279. The number of hydrogen-bond donors (Lipinski definition) is 2. The third-order valence-electron chi connectivity index (χ3n) is 2.66. The van der Waals surface area contributed by atoms with E-state index in [4.69, 9.17) is 4.74 Å². The quantitative estimate of drug-likeness (QED) is 0.453. The minimum absolute atomic E-state index is 0.0563. The van der Waals surface area contributed by atoms with Crippen molar-refractivity contribution in [1.82, 2.24) is 10.6 Å². The Balaban J connectivity index is 4.35. The molecule has 0 spiro atoms. The van der Waals surface area contributed by atoms with Crippen LogP contribution in [0.4, 0.5) is 0 Å². The first kappa shape index (κ1) is 16.4. The van der Waals surface area contributed by atoms with Crippen molar-refractivity contribution in [1.29, 1.82) is 0 Å². The molecule has 0 rings (SSSR count). The maximum absolute atomic E-state index is 11.7. The van der Waals surface area contributed by atoms with Gasteiger partial charge in [-0.25, -0.2) is 4.79 Å². The summed E-state index contributed by atoms with van der Waals surface area (Å²) in [6.07, 6.45) is 1.07. The second kappa shape index (κ2) is 8.49. The molecule has 0 saturated carbocycles. The van der Waals surface area contributed by atoms with Gasteiger partial charge in [-0.3, -0.25) is 9.59 Å². The van der Waals surface area contributed by atoms with Crippen molar-refractivity contribution in [3.8, 4) is 0 Å². The van der Waals surface area contributed by atoms with Gasteiger partial charge in [-0.15, -0.1) is 0 Å². The molecule has 2 amide bonds. The topological polar surface area (TPSA) is 84.5 Å². The lowest BCUT2D eigenvalue weighted by atomic mass is 10.0. The van der Waals surface area contributed by atoms with Gasteiger partial charge in [0.05, 0.1) is 6.04 Å². The van der Waals surface area contributed by atoms with Crippen LogP contribution in [0, 0.1) is 11.8 Å². The van der Waals surface area contributed by atoms with E-state index in [1.54, 1.807) is 0 Å². The molecule has 2 N–H and O–H groups in total. The Labute approximate surface area is 107 Å². The van der Waals surface area contributed by atoms with Crippen LogP contribution in [0.25, 0.3) is 0 Å². The van der Waals surface area contributed by atoms with Gasteiger partial charge in [-0.2, -0.15) is 0 Å². The monoisotopic (exact) mass is 258 g/mol. The molecule has 6 heteroatoms. The molecule has 0 aliphatic carbocycles. The van der Waals surface area contributed by atoms with Gasteiger partial charge in [0, 0.05) is 0 Å². The summed E-state index contributed by atoms with van der Waals surface area (Å²) in [5.74, 6) is -0.394. The second-order valence-corrected chi connectivity index (χ2v) is 4.77. The van der Waals surface area contributed by atoms with E-state index >= 15 is 0 Å². The number of ether oxygens (including phenoxy) is 1. The van der Waals surface area contributed by atoms with Crippen LogP contribution < -0.4 is 10.6 Å². The molecule has 18 heavy (non-hydrogen) atoms. The molecule has 2 atom stereocenters. The van der Waals surface area contributed by atoms with Crippen LogP contribution in [-0.4, -0.2) is 37.5 Å². The molecule has 104 valence electrons. The number of rotatable bonds is 9. The Morgan fingerprint density at radius 2 is 1.61 bits per heavy atom. The Morgan fingerprint density at radius 3 is 2.00 bits per heavy atom. The summed E-state index contributed by atoms with van der Waals surface area (Å²) in [4.78, 5) is 32.5. The summed E-state index contributed by atoms with van der Waals surface area (Å²) in [6.45, 7) is 7.55. The first-order chi connectivity index (χ1) is 8.43. The van der Waals surface area contributed by atoms with E-state index in [2.05, 4.69) is 10.6 Å². The molecule has 0 aromatic rings. The molecule has 6 nitrogen and oxygen atoms in total. The summed E-state index contributed by atoms with van der Waals surface area (Å²) in [5, 5.41) is 5.01. The fraction of sp³-hybridized carbons (Fsp3) is 0.750. The lowest BCUT2D eigenvalue weighted by Gasteiger charge is -2.23. The van der Waals surface area contributed by atoms with E-state index < -0.39 is 12.0 Å². The van der Waals surface area contributed by atoms with Crippen LogP contribution in [0.2, 0.25) is 0 Å². The van der Waals surface area contributed by atoms with Gasteiger partial charge < -0.3 is 15.4 Å². The molecule has 0 radical (unpaired) electrons. The average Bonchev–Trinajstić information content (AvgIpc) is 2.30. The molecule has 0 bridgehead atoms. The smallest absolute Gasteiger partial charge is 0.328 e. The van der Waals surface area contributed by atoms with Gasteiger partial charge in [0.1, 0.15) is 12.6 Å². The zero-order chi connectivity index (χ0) is 14.1. The Hall–Kier alpha value is -1.59. The van der Waals surface area contributed by atoms with Crippen LogP contribution in [0.15, 0.2) is 0 Å². The molecule has 0 aliphatic heterocycles. The highest BCUT2D eigenvalue weighted by atomic mass is 16.5. The van der Waals surface area contributed by atoms with Crippen molar-refractivity contribution in [3.05, 3.63) is 0 Å². The third-order valence-corrected chi connectivity index (χ3v) is 2.66. The standard InChI is InChI=1S/C12H22N2O4/c1-8(2)10(13-6-15)5-18-12(17)11(9(3)4)14-7-16/h6-11H,5H2,1-4H3,(H,13,15)(H,14,16)/t10-,11+/m0/s1. The highest BCUT2D eigenvalue weighted by Gasteiger charge is 2.24. The summed E-state index contributed by atoms with van der Waals surface area (Å²) in [5.41, 5.74) is 0. The number of carbonyl (C=O) groups is 3. The van der Waals surface area contributed by atoms with E-state index in [9.17, 15) is 14.4 Å². The predicted octanol–water partition coefficient (Wildman–Crippen LogP) is 0.0708. The van der Waals surface area contributed by atoms with Gasteiger partial charge in [0.25, 0.3) is 0 Å². The van der Waals surface area contributed by atoms with Crippen molar-refractivity contribution >= 4 is 18.8 Å². The van der Waals surface area contributed by atoms with Crippen molar-refractivity contribution in [2.75, 3.05) is 6.61 Å². The van der Waals surface area contributed by atoms with E-state index in [-0.39, 0.29) is 24.5 Å². The first-order valence-electron chi connectivity index (χ1n) is 6.00. The van der Waals surface area contributed by atoms with Crippen LogP contribution in [0.5, 0.6) is 0 Å². The van der Waals surface area contributed by atoms with E-state index in [1.165, 1.54) is 0 Å². The second-order valence-electron chi connectivity index (χ2n) is 4.77. The predicted molar refractivity (Wildman–Crippen MR) is 66.6 cm³/mol. The highest BCUT2D eigenvalue weighted by molar-refractivity contribution is 5.78. The summed E-state index contributed by atoms with van der Waals surface area (Å²) in [7, 11) is 0. The molecule has 0 unspecified atom stereocenters. The number of nitrogens with one attached hydrogen (secondary N) is 2. The molecule has 0 fully saturated rings. The van der Waals surface area contributed by atoms with E-state index in [1.807, 2.05) is 27.7 Å². The minimum atomic E-state index is -0.661. The number of esters is 1. The number of carbonyl (C=O) groups excluding carboxylic acids is 3. The van der Waals surface area contributed by atoms with Gasteiger partial charge in [-0.05, 0) is 11.8 Å². The fourth-order valence-corrected chi connectivity index (χ4v) is 1.39. The van der Waals surface area contributed by atoms with Gasteiger partial charge >= 0.3 is 5.97 Å². The number of hydrogen-bond acceptors (Lipinski definition) is 4. The summed E-state index contributed by atoms with van der Waals surface area (Å²) in [6, 6.07) is -0.887. The molecular weight excluding hydrogens is 236 g/mol. The molecule has 0 saturated heterocycles. The van der Waals surface area contributed by atoms with Crippen LogP contribution in [0.3, 0.4) is 0 Å². The van der Waals surface area contributed by atoms with Crippen molar-refractivity contribution < 1.29 is 19.1 Å². The van der Waals surface area contributed by atoms with Gasteiger partial charge in [0.2, 0.25) is 12.8 Å². The molecular formula is C12H22N2O4. The van der Waals surface area contributed by atoms with Crippen molar-refractivity contribution in [2.45, 2.75) is 39.8 Å². The Kier molecular flexibility index (Phi) is 7.74. The summed E-state index contributed by atoms with van der Waals surface area (Å²) >= 11 is 0. The number of amides is 2. The summed E-state index contributed by atoms with van der Waals surface area (Å²) < 4.78 is 5.11. The molecule has 0 aliphatic rings.